The number of nitrogen functional groups attached to an aromatic ring is 1. The van der Waals surface area contributed by atoms with E-state index >= 15 is 0 Å². The van der Waals surface area contributed by atoms with Gasteiger partial charge in [-0.25, -0.2) is 0 Å². The number of nitriles is 1. The van der Waals surface area contributed by atoms with Crippen molar-refractivity contribution < 1.29 is 0 Å². The van der Waals surface area contributed by atoms with Crippen LogP contribution in [0.3, 0.4) is 0 Å². The summed E-state index contributed by atoms with van der Waals surface area (Å²) in [6.45, 7) is 0. The van der Waals surface area contributed by atoms with Crippen LogP contribution in [-0.4, -0.2) is 10.2 Å². The molecule has 4 heteroatoms. The van der Waals surface area contributed by atoms with Crippen molar-refractivity contribution in [3.63, 3.8) is 0 Å². The van der Waals surface area contributed by atoms with Gasteiger partial charge in [-0.1, -0.05) is 12.1 Å². The third kappa shape index (κ3) is 1.86. The quantitative estimate of drug-likeness (QED) is 0.672. The highest BCUT2D eigenvalue weighted by Crippen LogP contribution is 2.36. The van der Waals surface area contributed by atoms with E-state index in [1.54, 1.807) is 6.20 Å². The topological polar surface area (TPSA) is 78.5 Å². The van der Waals surface area contributed by atoms with E-state index in [9.17, 15) is 5.26 Å². The molecule has 0 amide bonds. The SMILES string of the molecule is N#Cc1c(N)c(-c2ccc3cn[nH]c3c2)cc2c1CCCC2. The van der Waals surface area contributed by atoms with Crippen LogP contribution in [-0.2, 0) is 12.8 Å². The molecule has 0 saturated carbocycles. The summed E-state index contributed by atoms with van der Waals surface area (Å²) in [5.41, 5.74) is 13.0. The third-order valence-electron chi connectivity index (χ3n) is 4.56. The second-order valence-electron chi connectivity index (χ2n) is 5.84. The lowest BCUT2D eigenvalue weighted by atomic mass is 9.84. The van der Waals surface area contributed by atoms with Crippen LogP contribution in [0.5, 0.6) is 0 Å². The van der Waals surface area contributed by atoms with E-state index in [1.165, 1.54) is 12.0 Å². The summed E-state index contributed by atoms with van der Waals surface area (Å²) in [5, 5.41) is 17.6. The molecule has 0 atom stereocenters. The molecule has 0 fully saturated rings. The van der Waals surface area contributed by atoms with Crippen molar-refractivity contribution in [2.45, 2.75) is 25.7 Å². The highest BCUT2D eigenvalue weighted by atomic mass is 15.1. The molecule has 1 aliphatic carbocycles. The summed E-state index contributed by atoms with van der Waals surface area (Å²) in [5.74, 6) is 0. The van der Waals surface area contributed by atoms with E-state index in [0.29, 0.717) is 11.3 Å². The molecule has 0 saturated heterocycles. The molecular formula is C18H16N4. The Morgan fingerprint density at radius 1 is 1.18 bits per heavy atom. The van der Waals surface area contributed by atoms with Crippen molar-refractivity contribution in [1.29, 1.82) is 5.26 Å². The van der Waals surface area contributed by atoms with Gasteiger partial charge in [0.05, 0.1) is 23.0 Å². The largest absolute Gasteiger partial charge is 0.397 e. The lowest BCUT2D eigenvalue weighted by Crippen LogP contribution is -2.09. The van der Waals surface area contributed by atoms with Crippen LogP contribution in [0.15, 0.2) is 30.5 Å². The Kier molecular flexibility index (Phi) is 2.87. The molecule has 1 aliphatic rings. The van der Waals surface area contributed by atoms with E-state index in [2.05, 4.69) is 22.3 Å². The summed E-state index contributed by atoms with van der Waals surface area (Å²) in [6, 6.07) is 10.6. The molecule has 22 heavy (non-hydrogen) atoms. The van der Waals surface area contributed by atoms with Crippen LogP contribution >= 0.6 is 0 Å². The number of nitrogens with two attached hydrogens (primary N) is 1. The Labute approximate surface area is 128 Å². The van der Waals surface area contributed by atoms with Gasteiger partial charge in [-0.2, -0.15) is 10.4 Å². The highest BCUT2D eigenvalue weighted by Gasteiger charge is 2.19. The fourth-order valence-electron chi connectivity index (χ4n) is 3.39. The molecular weight excluding hydrogens is 272 g/mol. The molecule has 0 spiro atoms. The number of aromatic amines is 1. The first-order chi connectivity index (χ1) is 10.8. The molecule has 4 rings (SSSR count). The van der Waals surface area contributed by atoms with Crippen molar-refractivity contribution in [1.82, 2.24) is 10.2 Å². The minimum Gasteiger partial charge on any atom is -0.397 e. The fraction of sp³-hybridized carbons (Fsp3) is 0.222. The molecule has 4 nitrogen and oxygen atoms in total. The Bertz CT molecular complexity index is 915. The minimum absolute atomic E-state index is 0.599. The third-order valence-corrected chi connectivity index (χ3v) is 4.56. The van der Waals surface area contributed by atoms with Crippen LogP contribution in [0.1, 0.15) is 29.5 Å². The van der Waals surface area contributed by atoms with Crippen LogP contribution in [0.4, 0.5) is 5.69 Å². The smallest absolute Gasteiger partial charge is 0.102 e. The normalized spacial score (nSPS) is 13.8. The Balaban J connectivity index is 1.96. The van der Waals surface area contributed by atoms with E-state index < -0.39 is 0 Å². The van der Waals surface area contributed by atoms with Gasteiger partial charge in [0.1, 0.15) is 6.07 Å². The number of H-pyrrole nitrogens is 1. The van der Waals surface area contributed by atoms with Crippen molar-refractivity contribution >= 4 is 16.6 Å². The van der Waals surface area contributed by atoms with Gasteiger partial charge in [0, 0.05) is 10.9 Å². The van der Waals surface area contributed by atoms with Gasteiger partial charge in [0.25, 0.3) is 0 Å². The number of aromatic nitrogens is 2. The summed E-state index contributed by atoms with van der Waals surface area (Å²) in [4.78, 5) is 0. The lowest BCUT2D eigenvalue weighted by molar-refractivity contribution is 0.685. The van der Waals surface area contributed by atoms with Gasteiger partial charge in [0.2, 0.25) is 0 Å². The number of hydrogen-bond donors (Lipinski definition) is 2. The molecule has 3 N–H and O–H groups in total. The average Bonchev–Trinajstić information content (AvgIpc) is 3.02. The van der Waals surface area contributed by atoms with Crippen molar-refractivity contribution in [2.24, 2.45) is 0 Å². The maximum absolute atomic E-state index is 9.54. The van der Waals surface area contributed by atoms with Gasteiger partial charge in [-0.15, -0.1) is 0 Å². The zero-order valence-corrected chi connectivity index (χ0v) is 12.2. The first-order valence-corrected chi connectivity index (χ1v) is 7.56. The number of fused-ring (bicyclic) bond motifs is 2. The predicted molar refractivity (Wildman–Crippen MR) is 87.3 cm³/mol. The van der Waals surface area contributed by atoms with E-state index in [1.807, 2.05) is 18.2 Å². The van der Waals surface area contributed by atoms with E-state index in [4.69, 9.17) is 5.73 Å². The number of hydrogen-bond acceptors (Lipinski definition) is 3. The zero-order chi connectivity index (χ0) is 15.1. The monoisotopic (exact) mass is 288 g/mol. The molecule has 2 aromatic carbocycles. The summed E-state index contributed by atoms with van der Waals surface area (Å²) in [6.07, 6.45) is 6.11. The highest BCUT2D eigenvalue weighted by molar-refractivity contribution is 5.89. The van der Waals surface area contributed by atoms with Crippen molar-refractivity contribution in [2.75, 3.05) is 5.73 Å². The average molecular weight is 288 g/mol. The number of anilines is 1. The number of nitrogens with one attached hydrogen (secondary N) is 1. The number of aryl methyl sites for hydroxylation is 1. The van der Waals surface area contributed by atoms with Gasteiger partial charge in [-0.3, -0.25) is 5.10 Å². The Morgan fingerprint density at radius 2 is 2.05 bits per heavy atom. The van der Waals surface area contributed by atoms with Crippen LogP contribution in [0.25, 0.3) is 22.0 Å². The van der Waals surface area contributed by atoms with Gasteiger partial charge in [0.15, 0.2) is 0 Å². The Morgan fingerprint density at radius 3 is 2.91 bits per heavy atom. The van der Waals surface area contributed by atoms with E-state index in [-0.39, 0.29) is 0 Å². The lowest BCUT2D eigenvalue weighted by Gasteiger charge is -2.20. The van der Waals surface area contributed by atoms with Crippen molar-refractivity contribution in [3.05, 3.63) is 47.2 Å². The van der Waals surface area contributed by atoms with Gasteiger partial charge < -0.3 is 5.73 Å². The van der Waals surface area contributed by atoms with Crippen molar-refractivity contribution in [3.8, 4) is 17.2 Å². The second kappa shape index (κ2) is 4.88. The second-order valence-corrected chi connectivity index (χ2v) is 5.84. The summed E-state index contributed by atoms with van der Waals surface area (Å²) < 4.78 is 0. The van der Waals surface area contributed by atoms with Crippen LogP contribution in [0.2, 0.25) is 0 Å². The predicted octanol–water partition coefficient (Wildman–Crippen LogP) is 3.56. The molecule has 3 aromatic rings. The summed E-state index contributed by atoms with van der Waals surface area (Å²) >= 11 is 0. The Hall–Kier alpha value is -2.80. The van der Waals surface area contributed by atoms with Gasteiger partial charge >= 0.3 is 0 Å². The molecule has 0 unspecified atom stereocenters. The molecule has 108 valence electrons. The number of benzene rings is 2. The fourth-order valence-corrected chi connectivity index (χ4v) is 3.39. The minimum atomic E-state index is 0.599. The number of rotatable bonds is 1. The first kappa shape index (κ1) is 12.9. The van der Waals surface area contributed by atoms with Crippen LogP contribution < -0.4 is 5.73 Å². The zero-order valence-electron chi connectivity index (χ0n) is 12.2. The standard InChI is InChI=1S/C18H16N4/c19-9-16-14-4-2-1-3-11(14)7-15(18(16)20)12-5-6-13-10-21-22-17(13)8-12/h5-8,10H,1-4,20H2,(H,21,22). The molecule has 1 aromatic heterocycles. The summed E-state index contributed by atoms with van der Waals surface area (Å²) in [7, 11) is 0. The maximum atomic E-state index is 9.54. The van der Waals surface area contributed by atoms with Gasteiger partial charge in [-0.05, 0) is 54.5 Å². The van der Waals surface area contributed by atoms with Crippen LogP contribution in [0, 0.1) is 11.3 Å². The molecule has 0 aliphatic heterocycles. The molecule has 0 bridgehead atoms. The van der Waals surface area contributed by atoms with E-state index in [0.717, 1.165) is 46.9 Å². The maximum Gasteiger partial charge on any atom is 0.102 e. The molecule has 1 heterocycles. The number of nitrogens with zero attached hydrogens (tertiary/aromatic N) is 2. The molecule has 0 radical (unpaired) electrons. The first-order valence-electron chi connectivity index (χ1n) is 7.56.